The molecule has 2 heterocycles. The molecule has 278 valence electrons. The summed E-state index contributed by atoms with van der Waals surface area (Å²) in [6.45, 7) is 0. The smallest absolute Gasteiger partial charge is 0.164 e. The van der Waals surface area contributed by atoms with Gasteiger partial charge in [-0.3, -0.25) is 0 Å². The predicted octanol–water partition coefficient (Wildman–Crippen LogP) is 13.7. The maximum Gasteiger partial charge on any atom is 0.164 e. The van der Waals surface area contributed by atoms with E-state index in [9.17, 15) is 0 Å². The molecule has 0 N–H and O–H groups in total. The molecule has 0 amide bonds. The van der Waals surface area contributed by atoms with E-state index in [0.29, 0.717) is 17.5 Å². The Morgan fingerprint density at radius 2 is 0.831 bits per heavy atom. The van der Waals surface area contributed by atoms with E-state index < -0.39 is 0 Å². The lowest BCUT2D eigenvalue weighted by Crippen LogP contribution is -2.16. The van der Waals surface area contributed by atoms with E-state index in [4.69, 9.17) is 19.7 Å². The number of aromatic nitrogens is 3. The van der Waals surface area contributed by atoms with Gasteiger partial charge in [0.1, 0.15) is 11.9 Å². The molecule has 1 aliphatic heterocycles. The summed E-state index contributed by atoms with van der Waals surface area (Å²) in [5.41, 5.74) is 12.7. The first kappa shape index (κ1) is 34.5. The lowest BCUT2D eigenvalue weighted by atomic mass is 9.86. The van der Waals surface area contributed by atoms with Crippen LogP contribution in [0.15, 0.2) is 212 Å². The zero-order valence-electron chi connectivity index (χ0n) is 32.1. The van der Waals surface area contributed by atoms with Gasteiger partial charge in [0.15, 0.2) is 17.5 Å². The monoisotopic (exact) mass is 755 g/mol. The van der Waals surface area contributed by atoms with Gasteiger partial charge < -0.3 is 4.74 Å². The van der Waals surface area contributed by atoms with E-state index in [-0.39, 0.29) is 12.0 Å². The Bertz CT molecular complexity index is 3010. The van der Waals surface area contributed by atoms with E-state index >= 15 is 0 Å². The summed E-state index contributed by atoms with van der Waals surface area (Å²) in [6.07, 6.45) is 8.45. The highest BCUT2D eigenvalue weighted by Gasteiger charge is 2.36. The van der Waals surface area contributed by atoms with Gasteiger partial charge >= 0.3 is 0 Å². The molecule has 9 aromatic rings. The van der Waals surface area contributed by atoms with Crippen molar-refractivity contribution in [3.8, 4) is 84.4 Å². The molecule has 11 rings (SSSR count). The van der Waals surface area contributed by atoms with Gasteiger partial charge in [-0.25, -0.2) is 15.0 Å². The molecule has 2 atom stereocenters. The lowest BCUT2D eigenvalue weighted by molar-refractivity contribution is 0.269. The minimum absolute atomic E-state index is 0.0237. The van der Waals surface area contributed by atoms with Crippen LogP contribution < -0.4 is 4.74 Å². The van der Waals surface area contributed by atoms with Crippen molar-refractivity contribution in [1.82, 2.24) is 15.0 Å². The molecule has 0 radical (unpaired) electrons. The van der Waals surface area contributed by atoms with E-state index in [1.807, 2.05) is 6.07 Å². The number of hydrogen-bond acceptors (Lipinski definition) is 4. The molecule has 0 bridgehead atoms. The topological polar surface area (TPSA) is 47.9 Å². The Morgan fingerprint density at radius 1 is 0.339 bits per heavy atom. The van der Waals surface area contributed by atoms with Crippen LogP contribution in [-0.2, 0) is 0 Å². The van der Waals surface area contributed by atoms with Gasteiger partial charge in [-0.05, 0) is 97.8 Å². The fourth-order valence-corrected chi connectivity index (χ4v) is 8.44. The molecule has 0 spiro atoms. The third-order valence-corrected chi connectivity index (χ3v) is 11.4. The molecule has 1 aromatic heterocycles. The minimum Gasteiger partial charge on any atom is -0.485 e. The lowest BCUT2D eigenvalue weighted by Gasteiger charge is -2.17. The number of allylic oxidation sites excluding steroid dienone is 2. The van der Waals surface area contributed by atoms with Crippen LogP contribution in [0, 0.1) is 0 Å². The average molecular weight is 756 g/mol. The highest BCUT2D eigenvalue weighted by molar-refractivity contribution is 5.89. The third kappa shape index (κ3) is 6.61. The second-order valence-electron chi connectivity index (χ2n) is 15.2. The van der Waals surface area contributed by atoms with Crippen LogP contribution in [0.4, 0.5) is 0 Å². The molecule has 4 nitrogen and oxygen atoms in total. The van der Waals surface area contributed by atoms with Gasteiger partial charge in [0.2, 0.25) is 0 Å². The van der Waals surface area contributed by atoms with Crippen molar-refractivity contribution < 1.29 is 4.74 Å². The van der Waals surface area contributed by atoms with Crippen molar-refractivity contribution in [1.29, 1.82) is 0 Å². The Morgan fingerprint density at radius 3 is 1.51 bits per heavy atom. The summed E-state index contributed by atoms with van der Waals surface area (Å²) in [6, 6.07) is 66.2. The number of rotatable bonds is 7. The van der Waals surface area contributed by atoms with Crippen molar-refractivity contribution in [3.63, 3.8) is 0 Å². The summed E-state index contributed by atoms with van der Waals surface area (Å²) >= 11 is 0. The van der Waals surface area contributed by atoms with Gasteiger partial charge in [0, 0.05) is 28.2 Å². The predicted molar refractivity (Wildman–Crippen MR) is 241 cm³/mol. The average Bonchev–Trinajstić information content (AvgIpc) is 3.70. The molecule has 0 saturated heterocycles. The number of benzene rings is 8. The molecule has 1 aliphatic carbocycles. The number of ether oxygens (including phenoxy) is 1. The summed E-state index contributed by atoms with van der Waals surface area (Å²) in [7, 11) is 0. The molecule has 0 fully saturated rings. The van der Waals surface area contributed by atoms with Crippen LogP contribution in [0.3, 0.4) is 0 Å². The van der Waals surface area contributed by atoms with E-state index in [1.165, 1.54) is 10.8 Å². The summed E-state index contributed by atoms with van der Waals surface area (Å²) in [5.74, 6) is 2.69. The second kappa shape index (κ2) is 14.7. The van der Waals surface area contributed by atoms with Crippen LogP contribution in [0.5, 0.6) is 5.75 Å². The first-order chi connectivity index (χ1) is 29.2. The van der Waals surface area contributed by atoms with E-state index in [0.717, 1.165) is 72.5 Å². The molecule has 8 aromatic carbocycles. The van der Waals surface area contributed by atoms with Gasteiger partial charge in [-0.1, -0.05) is 170 Å². The van der Waals surface area contributed by atoms with Crippen molar-refractivity contribution >= 4 is 10.8 Å². The quantitative estimate of drug-likeness (QED) is 0.163. The molecule has 4 heteroatoms. The third-order valence-electron chi connectivity index (χ3n) is 11.4. The molecule has 2 unspecified atom stereocenters. The summed E-state index contributed by atoms with van der Waals surface area (Å²) in [5, 5.41) is 2.39. The van der Waals surface area contributed by atoms with Crippen molar-refractivity contribution in [2.75, 3.05) is 0 Å². The molecule has 2 aliphatic rings. The second-order valence-corrected chi connectivity index (χ2v) is 15.2. The van der Waals surface area contributed by atoms with Crippen LogP contribution in [0.1, 0.15) is 11.5 Å². The SMILES string of the molecule is C1=CC2Oc3cc(-c4ccc5ccccc5c4)cc(-c4nc(-c5ccc(-c6ccccc6)cc5)nc(-c5cc(-c6ccccc6)cc(-c6ccccc6)c5)n4)c3C2C=C1. The van der Waals surface area contributed by atoms with Crippen LogP contribution >= 0.6 is 0 Å². The molecular formula is C55H37N3O. The fourth-order valence-electron chi connectivity index (χ4n) is 8.44. The zero-order chi connectivity index (χ0) is 39.1. The van der Waals surface area contributed by atoms with Crippen LogP contribution in [0.2, 0.25) is 0 Å². The normalized spacial score (nSPS) is 15.1. The largest absolute Gasteiger partial charge is 0.485 e. The van der Waals surface area contributed by atoms with Gasteiger partial charge in [-0.2, -0.15) is 0 Å². The van der Waals surface area contributed by atoms with Crippen LogP contribution in [0.25, 0.3) is 89.4 Å². The maximum atomic E-state index is 6.73. The summed E-state index contributed by atoms with van der Waals surface area (Å²) in [4.78, 5) is 16.0. The first-order valence-electron chi connectivity index (χ1n) is 20.1. The Balaban J connectivity index is 1.14. The number of hydrogen-bond donors (Lipinski definition) is 0. The van der Waals surface area contributed by atoms with Crippen LogP contribution in [-0.4, -0.2) is 21.1 Å². The zero-order valence-corrected chi connectivity index (χ0v) is 32.1. The van der Waals surface area contributed by atoms with Crippen molar-refractivity contribution in [2.24, 2.45) is 0 Å². The van der Waals surface area contributed by atoms with E-state index in [1.54, 1.807) is 0 Å². The van der Waals surface area contributed by atoms with Gasteiger partial charge in [-0.15, -0.1) is 0 Å². The number of fused-ring (bicyclic) bond motifs is 4. The Hall–Kier alpha value is -7.69. The molecule has 59 heavy (non-hydrogen) atoms. The Kier molecular flexibility index (Phi) is 8.59. The highest BCUT2D eigenvalue weighted by Crippen LogP contribution is 2.48. The van der Waals surface area contributed by atoms with Crippen molar-refractivity contribution in [2.45, 2.75) is 12.0 Å². The van der Waals surface area contributed by atoms with Gasteiger partial charge in [0.25, 0.3) is 0 Å². The maximum absolute atomic E-state index is 6.73. The molecular weight excluding hydrogens is 719 g/mol. The minimum atomic E-state index is -0.108. The van der Waals surface area contributed by atoms with Crippen molar-refractivity contribution in [3.05, 3.63) is 218 Å². The fraction of sp³-hybridized carbons (Fsp3) is 0.0364. The summed E-state index contributed by atoms with van der Waals surface area (Å²) < 4.78 is 6.73. The highest BCUT2D eigenvalue weighted by atomic mass is 16.5. The first-order valence-corrected chi connectivity index (χ1v) is 20.1. The molecule has 0 saturated carbocycles. The van der Waals surface area contributed by atoms with Gasteiger partial charge in [0.05, 0.1) is 0 Å². The standard InChI is InChI=1S/C55H37N3O/c1-4-14-36(15-5-1)40-24-27-41(28-25-40)53-56-54(47-32-44(37-16-6-2-7-17-37)31-45(33-47)38-18-8-3-9-19-38)58-55(57-53)49-34-46(43-29-26-39-20-10-11-21-42(39)30-43)35-51-52(49)48-22-12-13-23-50(48)59-51/h1-35,48,50H. The number of nitrogens with zero attached hydrogens (tertiary/aromatic N) is 3. The Labute approximate surface area is 343 Å². The van der Waals surface area contributed by atoms with E-state index in [2.05, 4.69) is 206 Å².